The number of hydrogen-bond acceptors (Lipinski definition) is 2. The lowest BCUT2D eigenvalue weighted by atomic mass is 9.93. The van der Waals surface area contributed by atoms with E-state index < -0.39 is 0 Å². The van der Waals surface area contributed by atoms with Crippen LogP contribution < -0.4 is 0 Å². The van der Waals surface area contributed by atoms with Crippen LogP contribution in [0.25, 0.3) is 0 Å². The molecule has 1 N–H and O–H groups in total. The zero-order chi connectivity index (χ0) is 14.7. The van der Waals surface area contributed by atoms with E-state index in [1.165, 1.54) is 32.1 Å². The van der Waals surface area contributed by atoms with Gasteiger partial charge in [0.25, 0.3) is 0 Å². The third kappa shape index (κ3) is 3.99. The lowest BCUT2D eigenvalue weighted by molar-refractivity contribution is 0.111. The van der Waals surface area contributed by atoms with Gasteiger partial charge in [-0.2, -0.15) is 0 Å². The Bertz CT molecular complexity index is 456. The van der Waals surface area contributed by atoms with Crippen molar-refractivity contribution in [3.8, 4) is 5.75 Å². The molecule has 0 bridgehead atoms. The summed E-state index contributed by atoms with van der Waals surface area (Å²) in [5.74, 6) is 0.370. The van der Waals surface area contributed by atoms with E-state index >= 15 is 0 Å². The molecule has 0 atom stereocenters. The van der Waals surface area contributed by atoms with Crippen molar-refractivity contribution in [2.45, 2.75) is 64.6 Å². The van der Waals surface area contributed by atoms with Crippen LogP contribution >= 0.6 is 31.9 Å². The van der Waals surface area contributed by atoms with Crippen LogP contribution in [0.3, 0.4) is 0 Å². The highest BCUT2D eigenvalue weighted by molar-refractivity contribution is 9.11. The summed E-state index contributed by atoms with van der Waals surface area (Å²) in [6.07, 6.45) is 6.61. The van der Waals surface area contributed by atoms with Gasteiger partial charge in [-0.05, 0) is 54.8 Å². The predicted molar refractivity (Wildman–Crippen MR) is 91.1 cm³/mol. The third-order valence-electron chi connectivity index (χ3n) is 4.17. The number of benzene rings is 1. The van der Waals surface area contributed by atoms with Gasteiger partial charge >= 0.3 is 0 Å². The molecule has 4 heteroatoms. The van der Waals surface area contributed by atoms with Gasteiger partial charge in [0.2, 0.25) is 0 Å². The summed E-state index contributed by atoms with van der Waals surface area (Å²) >= 11 is 6.93. The molecule has 0 aromatic heterocycles. The smallest absolute Gasteiger partial charge is 0.134 e. The number of aromatic hydroxyl groups is 1. The van der Waals surface area contributed by atoms with Crippen LogP contribution in [0.5, 0.6) is 5.75 Å². The Balaban J connectivity index is 2.19. The number of rotatable bonds is 4. The molecular weight excluding hydrogens is 382 g/mol. The SMILES string of the molecule is CC(C)N(Cc1cc(Br)cc(Br)c1O)C1CCCCC1. The molecule has 20 heavy (non-hydrogen) atoms. The van der Waals surface area contributed by atoms with Crippen molar-refractivity contribution in [1.82, 2.24) is 4.90 Å². The number of hydrogen-bond donors (Lipinski definition) is 1. The number of phenolic OH excluding ortho intramolecular Hbond substituents is 1. The Labute approximate surface area is 138 Å². The van der Waals surface area contributed by atoms with Crippen molar-refractivity contribution in [3.63, 3.8) is 0 Å². The Morgan fingerprint density at radius 3 is 2.45 bits per heavy atom. The van der Waals surface area contributed by atoms with Gasteiger partial charge in [-0.1, -0.05) is 35.2 Å². The van der Waals surface area contributed by atoms with Gasteiger partial charge in [0, 0.05) is 28.7 Å². The van der Waals surface area contributed by atoms with Crippen molar-refractivity contribution in [2.24, 2.45) is 0 Å². The molecule has 2 nitrogen and oxygen atoms in total. The Hall–Kier alpha value is -0.0600. The average molecular weight is 405 g/mol. The van der Waals surface area contributed by atoms with Crippen LogP contribution in [-0.4, -0.2) is 22.1 Å². The van der Waals surface area contributed by atoms with E-state index in [4.69, 9.17) is 0 Å². The lowest BCUT2D eigenvalue weighted by Gasteiger charge is -2.37. The molecular formula is C16H23Br2NO. The molecule has 1 saturated carbocycles. The fourth-order valence-electron chi connectivity index (χ4n) is 3.08. The Morgan fingerprint density at radius 2 is 1.85 bits per heavy atom. The normalized spacial score (nSPS) is 17.1. The number of nitrogens with zero attached hydrogens (tertiary/aromatic N) is 1. The van der Waals surface area contributed by atoms with Crippen molar-refractivity contribution >= 4 is 31.9 Å². The fourth-order valence-corrected chi connectivity index (χ4v) is 4.40. The molecule has 112 valence electrons. The van der Waals surface area contributed by atoms with Crippen LogP contribution in [-0.2, 0) is 6.54 Å². The first-order valence-corrected chi connectivity index (χ1v) is 9.00. The monoisotopic (exact) mass is 403 g/mol. The maximum Gasteiger partial charge on any atom is 0.134 e. The second kappa shape index (κ2) is 7.28. The maximum atomic E-state index is 10.3. The highest BCUT2D eigenvalue weighted by atomic mass is 79.9. The maximum absolute atomic E-state index is 10.3. The van der Waals surface area contributed by atoms with Gasteiger partial charge in [-0.15, -0.1) is 0 Å². The van der Waals surface area contributed by atoms with E-state index in [1.807, 2.05) is 12.1 Å². The summed E-state index contributed by atoms with van der Waals surface area (Å²) in [6, 6.07) is 5.06. The molecule has 0 saturated heterocycles. The highest BCUT2D eigenvalue weighted by Crippen LogP contribution is 2.34. The van der Waals surface area contributed by atoms with E-state index in [2.05, 4.69) is 50.6 Å². The second-order valence-electron chi connectivity index (χ2n) is 5.95. The van der Waals surface area contributed by atoms with Gasteiger partial charge in [0.05, 0.1) is 4.47 Å². The summed E-state index contributed by atoms with van der Waals surface area (Å²) in [5.41, 5.74) is 0.991. The van der Waals surface area contributed by atoms with Crippen LogP contribution in [0.1, 0.15) is 51.5 Å². The first kappa shape index (κ1) is 16.3. The molecule has 1 aliphatic rings. The minimum Gasteiger partial charge on any atom is -0.506 e. The van der Waals surface area contributed by atoms with Gasteiger partial charge in [-0.3, -0.25) is 4.90 Å². The van der Waals surface area contributed by atoms with Crippen LogP contribution in [0.2, 0.25) is 0 Å². The molecule has 0 unspecified atom stereocenters. The molecule has 0 amide bonds. The van der Waals surface area contributed by atoms with Crippen molar-refractivity contribution < 1.29 is 5.11 Å². The highest BCUT2D eigenvalue weighted by Gasteiger charge is 2.24. The van der Waals surface area contributed by atoms with Gasteiger partial charge < -0.3 is 5.11 Å². The van der Waals surface area contributed by atoms with Gasteiger partial charge in [0.1, 0.15) is 5.75 Å². The molecule has 1 aliphatic carbocycles. The topological polar surface area (TPSA) is 23.5 Å². The predicted octanol–water partition coefficient (Wildman–Crippen LogP) is 5.46. The first-order valence-electron chi connectivity index (χ1n) is 7.41. The molecule has 0 heterocycles. The molecule has 1 fully saturated rings. The standard InChI is InChI=1S/C16H23Br2NO/c1-11(2)19(14-6-4-3-5-7-14)10-12-8-13(17)9-15(18)16(12)20/h8-9,11,14,20H,3-7,10H2,1-2H3. The molecule has 1 aromatic rings. The van der Waals surface area contributed by atoms with Gasteiger partial charge in [0.15, 0.2) is 0 Å². The summed E-state index contributed by atoms with van der Waals surface area (Å²) in [6.45, 7) is 5.31. The third-order valence-corrected chi connectivity index (χ3v) is 5.23. The fraction of sp³-hybridized carbons (Fsp3) is 0.625. The zero-order valence-electron chi connectivity index (χ0n) is 12.2. The quantitative estimate of drug-likeness (QED) is 0.719. The van der Waals surface area contributed by atoms with E-state index in [1.54, 1.807) is 0 Å². The molecule has 0 spiro atoms. The second-order valence-corrected chi connectivity index (χ2v) is 7.72. The summed E-state index contributed by atoms with van der Waals surface area (Å²) < 4.78 is 1.76. The van der Waals surface area contributed by atoms with Crippen LogP contribution in [0, 0.1) is 0 Å². The van der Waals surface area contributed by atoms with Gasteiger partial charge in [-0.25, -0.2) is 0 Å². The molecule has 1 aromatic carbocycles. The minimum atomic E-state index is 0.370. The van der Waals surface area contributed by atoms with E-state index in [9.17, 15) is 5.11 Å². The Morgan fingerprint density at radius 1 is 1.20 bits per heavy atom. The van der Waals surface area contributed by atoms with Crippen molar-refractivity contribution in [2.75, 3.05) is 0 Å². The number of phenols is 1. The zero-order valence-corrected chi connectivity index (χ0v) is 15.4. The average Bonchev–Trinajstić information content (AvgIpc) is 2.41. The largest absolute Gasteiger partial charge is 0.506 e. The van der Waals surface area contributed by atoms with E-state index in [-0.39, 0.29) is 0 Å². The van der Waals surface area contributed by atoms with E-state index in [0.29, 0.717) is 17.8 Å². The molecule has 2 rings (SSSR count). The summed E-state index contributed by atoms with van der Waals surface area (Å²) in [4.78, 5) is 2.53. The molecule has 0 aliphatic heterocycles. The minimum absolute atomic E-state index is 0.370. The summed E-state index contributed by atoms with van der Waals surface area (Å²) in [7, 11) is 0. The van der Waals surface area contributed by atoms with Crippen LogP contribution in [0.4, 0.5) is 0 Å². The number of halogens is 2. The van der Waals surface area contributed by atoms with Crippen molar-refractivity contribution in [1.29, 1.82) is 0 Å². The van der Waals surface area contributed by atoms with Crippen molar-refractivity contribution in [3.05, 3.63) is 26.6 Å². The Kier molecular flexibility index (Phi) is 5.94. The first-order chi connectivity index (χ1) is 9.49. The molecule has 0 radical (unpaired) electrons. The lowest BCUT2D eigenvalue weighted by Crippen LogP contribution is -2.41. The van der Waals surface area contributed by atoms with E-state index in [0.717, 1.165) is 21.1 Å². The summed E-state index contributed by atoms with van der Waals surface area (Å²) in [5, 5.41) is 10.3. The van der Waals surface area contributed by atoms with Crippen LogP contribution in [0.15, 0.2) is 21.1 Å².